The number of benzene rings is 1. The predicted octanol–water partition coefficient (Wildman–Crippen LogP) is 2.27. The second-order valence-corrected chi connectivity index (χ2v) is 9.31. The van der Waals surface area contributed by atoms with Gasteiger partial charge in [-0.05, 0) is 64.8 Å². The van der Waals surface area contributed by atoms with E-state index < -0.39 is 29.6 Å². The monoisotopic (exact) mass is 508 g/mol. The van der Waals surface area contributed by atoms with Crippen LogP contribution in [0.1, 0.15) is 50.9 Å². The average molecular weight is 509 g/mol. The van der Waals surface area contributed by atoms with Crippen LogP contribution in [-0.2, 0) is 23.8 Å². The van der Waals surface area contributed by atoms with Gasteiger partial charge in [0.15, 0.2) is 12.4 Å². The molecule has 2 rings (SSSR count). The molecule has 1 aromatic carbocycles. The van der Waals surface area contributed by atoms with Crippen molar-refractivity contribution in [3.63, 3.8) is 0 Å². The van der Waals surface area contributed by atoms with E-state index in [1.165, 1.54) is 4.90 Å². The van der Waals surface area contributed by atoms with Crippen molar-refractivity contribution < 1.29 is 43.2 Å². The highest BCUT2D eigenvalue weighted by Gasteiger charge is 2.27. The first-order valence-electron chi connectivity index (χ1n) is 11.9. The lowest BCUT2D eigenvalue weighted by atomic mass is 10.0. The Balaban J connectivity index is 1.94. The number of rotatable bonds is 12. The van der Waals surface area contributed by atoms with Crippen LogP contribution in [0.2, 0.25) is 0 Å². The van der Waals surface area contributed by atoms with E-state index in [4.69, 9.17) is 24.1 Å². The summed E-state index contributed by atoms with van der Waals surface area (Å²) in [6, 6.07) is 5.27. The molecule has 0 bridgehead atoms. The molecule has 0 saturated carbocycles. The molecular formula is C25H36N2O9. The summed E-state index contributed by atoms with van der Waals surface area (Å²) in [5.74, 6) is -0.914. The minimum atomic E-state index is -0.968. The molecule has 2 amide bonds. The number of nitrogens with one attached hydrogen (secondary N) is 1. The van der Waals surface area contributed by atoms with Gasteiger partial charge in [0.1, 0.15) is 18.4 Å². The molecule has 11 nitrogen and oxygen atoms in total. The van der Waals surface area contributed by atoms with Crippen LogP contribution in [0.15, 0.2) is 24.3 Å². The van der Waals surface area contributed by atoms with E-state index in [-0.39, 0.29) is 38.3 Å². The van der Waals surface area contributed by atoms with E-state index >= 15 is 0 Å². The van der Waals surface area contributed by atoms with Crippen LogP contribution in [-0.4, -0.2) is 91.0 Å². The van der Waals surface area contributed by atoms with Crippen LogP contribution in [0.4, 0.5) is 4.79 Å². The third-order valence-corrected chi connectivity index (χ3v) is 5.30. The van der Waals surface area contributed by atoms with Gasteiger partial charge in [-0.2, -0.15) is 0 Å². The number of hydrogen-bond donors (Lipinski definition) is 2. The van der Waals surface area contributed by atoms with Gasteiger partial charge < -0.3 is 34.3 Å². The molecule has 1 aliphatic heterocycles. The highest BCUT2D eigenvalue weighted by molar-refractivity contribution is 6.02. The number of carboxylic acid groups (broad SMARTS) is 1. The highest BCUT2D eigenvalue weighted by atomic mass is 16.6. The van der Waals surface area contributed by atoms with Crippen LogP contribution in [0.25, 0.3) is 0 Å². The van der Waals surface area contributed by atoms with Gasteiger partial charge in [0.25, 0.3) is 0 Å². The Kier molecular flexibility index (Phi) is 11.1. The number of carbonyl (C=O) groups is 4. The van der Waals surface area contributed by atoms with E-state index in [0.717, 1.165) is 0 Å². The summed E-state index contributed by atoms with van der Waals surface area (Å²) >= 11 is 0. The predicted molar refractivity (Wildman–Crippen MR) is 129 cm³/mol. The normalized spacial score (nSPS) is 15.2. The van der Waals surface area contributed by atoms with Crippen molar-refractivity contribution in [2.75, 3.05) is 39.5 Å². The van der Waals surface area contributed by atoms with Gasteiger partial charge in [-0.15, -0.1) is 0 Å². The molecule has 0 radical (unpaired) electrons. The second-order valence-electron chi connectivity index (χ2n) is 9.31. The zero-order valence-corrected chi connectivity index (χ0v) is 21.3. The third kappa shape index (κ3) is 10.2. The van der Waals surface area contributed by atoms with Gasteiger partial charge in [-0.25, -0.2) is 9.59 Å². The molecule has 2 N–H and O–H groups in total. The summed E-state index contributed by atoms with van der Waals surface area (Å²) in [7, 11) is 0. The van der Waals surface area contributed by atoms with Crippen LogP contribution < -0.4 is 10.1 Å². The summed E-state index contributed by atoms with van der Waals surface area (Å²) in [6.07, 6.45) is -0.197. The fourth-order valence-electron chi connectivity index (χ4n) is 3.42. The number of Topliss-reactive ketones (excluding diaryl/α,β-unsaturated/α-hetero) is 1. The van der Waals surface area contributed by atoms with Crippen LogP contribution in [0, 0.1) is 0 Å². The zero-order valence-electron chi connectivity index (χ0n) is 21.3. The van der Waals surface area contributed by atoms with Crippen LogP contribution in [0.3, 0.4) is 0 Å². The maximum Gasteiger partial charge on any atom is 0.407 e. The molecule has 1 aromatic rings. The molecule has 200 valence electrons. The number of esters is 1. The molecule has 0 aliphatic carbocycles. The summed E-state index contributed by atoms with van der Waals surface area (Å²) in [4.78, 5) is 49.5. The molecule has 11 heteroatoms. The van der Waals surface area contributed by atoms with Crippen molar-refractivity contribution in [2.45, 2.75) is 58.3 Å². The molecule has 1 atom stereocenters. The van der Waals surface area contributed by atoms with E-state index in [1.54, 1.807) is 31.2 Å². The molecule has 1 heterocycles. The lowest BCUT2D eigenvalue weighted by Gasteiger charge is -2.30. The Morgan fingerprint density at radius 3 is 2.28 bits per heavy atom. The van der Waals surface area contributed by atoms with Crippen molar-refractivity contribution in [1.82, 2.24) is 10.2 Å². The van der Waals surface area contributed by atoms with Gasteiger partial charge in [-0.3, -0.25) is 9.59 Å². The zero-order chi connectivity index (χ0) is 26.7. The fourth-order valence-corrected chi connectivity index (χ4v) is 3.42. The van der Waals surface area contributed by atoms with Gasteiger partial charge in [0, 0.05) is 18.7 Å². The quantitative estimate of drug-likeness (QED) is 0.321. The number of piperidine rings is 1. The number of carbonyl (C=O) groups excluding carboxylic acids is 3. The topological polar surface area (TPSA) is 141 Å². The Morgan fingerprint density at radius 2 is 1.72 bits per heavy atom. The first-order chi connectivity index (χ1) is 17.0. The summed E-state index contributed by atoms with van der Waals surface area (Å²) in [5.41, 5.74) is -0.189. The van der Waals surface area contributed by atoms with E-state index in [9.17, 15) is 19.2 Å². The maximum atomic E-state index is 13.2. The Morgan fingerprint density at radius 1 is 1.08 bits per heavy atom. The summed E-state index contributed by atoms with van der Waals surface area (Å²) in [5, 5.41) is 11.7. The molecule has 1 fully saturated rings. The Bertz CT molecular complexity index is 888. The first kappa shape index (κ1) is 29.1. The van der Waals surface area contributed by atoms with Gasteiger partial charge in [0.05, 0.1) is 24.9 Å². The molecule has 0 aromatic heterocycles. The lowest BCUT2D eigenvalue weighted by Crippen LogP contribution is -2.47. The molecule has 1 saturated heterocycles. The summed E-state index contributed by atoms with van der Waals surface area (Å²) in [6.45, 7) is 7.67. The number of likely N-dealkylation sites (tertiary alicyclic amines) is 1. The lowest BCUT2D eigenvalue weighted by molar-refractivity contribution is -0.145. The van der Waals surface area contributed by atoms with Crippen molar-refractivity contribution in [1.29, 1.82) is 0 Å². The minimum absolute atomic E-state index is 0.0355. The first-order valence-corrected chi connectivity index (χ1v) is 11.9. The molecule has 1 aliphatic rings. The second kappa shape index (κ2) is 13.8. The van der Waals surface area contributed by atoms with Crippen LogP contribution in [0.5, 0.6) is 5.75 Å². The van der Waals surface area contributed by atoms with Crippen molar-refractivity contribution in [2.24, 2.45) is 0 Å². The summed E-state index contributed by atoms with van der Waals surface area (Å²) < 4.78 is 21.6. The van der Waals surface area contributed by atoms with Crippen molar-refractivity contribution >= 4 is 23.8 Å². The Labute approximate surface area is 211 Å². The highest BCUT2D eigenvalue weighted by Crippen LogP contribution is 2.16. The molecular weight excluding hydrogens is 472 g/mol. The van der Waals surface area contributed by atoms with E-state index in [0.29, 0.717) is 37.2 Å². The molecule has 36 heavy (non-hydrogen) atoms. The number of amides is 2. The van der Waals surface area contributed by atoms with Gasteiger partial charge >= 0.3 is 12.1 Å². The number of ether oxygens (including phenoxy) is 4. The SMILES string of the molecule is CCOC(=O)COc1ccc(C(=O)[C@H](COC(C)(C)C)NC(=O)COC2CCN(C(=O)O)CC2)cc1. The Hall–Kier alpha value is -3.18. The van der Waals surface area contributed by atoms with Crippen LogP contribution >= 0.6 is 0 Å². The molecule has 0 spiro atoms. The smallest absolute Gasteiger partial charge is 0.407 e. The van der Waals surface area contributed by atoms with Gasteiger partial charge in [0.2, 0.25) is 5.91 Å². The number of nitrogens with zero attached hydrogens (tertiary/aromatic N) is 1. The standard InChI is InChI=1S/C25H36N2O9/c1-5-33-22(29)16-35-18-8-6-17(7-9-18)23(30)20(14-36-25(2,3)4)26-21(28)15-34-19-10-12-27(13-11-19)24(31)32/h6-9,19-20H,5,10-16H2,1-4H3,(H,26,28)(H,31,32)/t20-/m0/s1. The third-order valence-electron chi connectivity index (χ3n) is 5.30. The molecule has 0 unspecified atom stereocenters. The van der Waals surface area contributed by atoms with Crippen molar-refractivity contribution in [3.05, 3.63) is 29.8 Å². The fraction of sp³-hybridized carbons (Fsp3) is 0.600. The minimum Gasteiger partial charge on any atom is -0.482 e. The number of hydrogen-bond acceptors (Lipinski definition) is 8. The largest absolute Gasteiger partial charge is 0.482 e. The maximum absolute atomic E-state index is 13.2. The van der Waals surface area contributed by atoms with E-state index in [1.807, 2.05) is 20.8 Å². The average Bonchev–Trinajstić information content (AvgIpc) is 2.83. The number of ketones is 1. The van der Waals surface area contributed by atoms with Crippen molar-refractivity contribution in [3.8, 4) is 5.75 Å². The van der Waals surface area contributed by atoms with Gasteiger partial charge in [-0.1, -0.05) is 0 Å². The van der Waals surface area contributed by atoms with E-state index in [2.05, 4.69) is 5.32 Å².